The molecule has 1 aliphatic heterocycles. The molecule has 0 saturated carbocycles. The summed E-state index contributed by atoms with van der Waals surface area (Å²) in [6.07, 6.45) is 0.717. The van der Waals surface area contributed by atoms with Gasteiger partial charge in [-0.05, 0) is 24.2 Å². The molecule has 1 amide bonds. The minimum Gasteiger partial charge on any atom is -0.330 e. The van der Waals surface area contributed by atoms with E-state index in [1.165, 1.54) is 11.3 Å². The molecule has 4 nitrogen and oxygen atoms in total. The Labute approximate surface area is 149 Å². The predicted octanol–water partition coefficient (Wildman–Crippen LogP) is 3.23. The summed E-state index contributed by atoms with van der Waals surface area (Å²) < 4.78 is 0. The number of aromatic nitrogens is 1. The number of carbonyl (C=O) groups excluding carboxylic acids is 1. The zero-order valence-electron chi connectivity index (χ0n) is 12.6. The van der Waals surface area contributed by atoms with Crippen molar-refractivity contribution in [3.8, 4) is 0 Å². The Bertz CT molecular complexity index is 674. The zero-order chi connectivity index (χ0) is 16.2. The van der Waals surface area contributed by atoms with Crippen molar-refractivity contribution in [2.75, 3.05) is 24.6 Å². The third kappa shape index (κ3) is 3.88. The van der Waals surface area contributed by atoms with E-state index in [1.54, 1.807) is 0 Å². The SMILES string of the molecule is NCCc1nc(C(=O)N2CCSCC2c2ccc(Cl)cc2)cs1. The molecule has 1 aromatic carbocycles. The van der Waals surface area contributed by atoms with Crippen molar-refractivity contribution in [3.05, 3.63) is 50.9 Å². The van der Waals surface area contributed by atoms with Crippen LogP contribution in [0.4, 0.5) is 0 Å². The maximum Gasteiger partial charge on any atom is 0.273 e. The van der Waals surface area contributed by atoms with Crippen molar-refractivity contribution in [2.24, 2.45) is 5.73 Å². The number of hydrogen-bond donors (Lipinski definition) is 1. The van der Waals surface area contributed by atoms with Crippen LogP contribution in [0, 0.1) is 0 Å². The first-order valence-electron chi connectivity index (χ1n) is 7.47. The van der Waals surface area contributed by atoms with Crippen LogP contribution in [0.3, 0.4) is 0 Å². The van der Waals surface area contributed by atoms with Crippen LogP contribution in [0.25, 0.3) is 0 Å². The number of thiazole rings is 1. The molecule has 0 bridgehead atoms. The lowest BCUT2D eigenvalue weighted by atomic mass is 10.1. The number of amides is 1. The quantitative estimate of drug-likeness (QED) is 0.901. The molecule has 3 rings (SSSR count). The summed E-state index contributed by atoms with van der Waals surface area (Å²) in [4.78, 5) is 19.2. The van der Waals surface area contributed by atoms with Gasteiger partial charge >= 0.3 is 0 Å². The molecule has 1 aliphatic rings. The number of benzene rings is 1. The van der Waals surface area contributed by atoms with Crippen LogP contribution in [-0.4, -0.2) is 40.4 Å². The van der Waals surface area contributed by atoms with Gasteiger partial charge in [-0.1, -0.05) is 23.7 Å². The van der Waals surface area contributed by atoms with E-state index in [0.29, 0.717) is 23.7 Å². The van der Waals surface area contributed by atoms with E-state index in [-0.39, 0.29) is 11.9 Å². The van der Waals surface area contributed by atoms with E-state index in [1.807, 2.05) is 46.3 Å². The molecule has 0 spiro atoms. The second-order valence-corrected chi connectivity index (χ2v) is 7.83. The molecule has 1 saturated heterocycles. The van der Waals surface area contributed by atoms with Gasteiger partial charge in [0.2, 0.25) is 0 Å². The first kappa shape index (κ1) is 16.8. The third-order valence-corrected chi connectivity index (χ3v) is 5.96. The lowest BCUT2D eigenvalue weighted by Crippen LogP contribution is -2.40. The maximum absolute atomic E-state index is 12.9. The lowest BCUT2D eigenvalue weighted by molar-refractivity contribution is 0.0696. The summed E-state index contributed by atoms with van der Waals surface area (Å²) >= 11 is 9.35. The van der Waals surface area contributed by atoms with Gasteiger partial charge in [0.25, 0.3) is 5.91 Å². The first-order valence-corrected chi connectivity index (χ1v) is 9.89. The lowest BCUT2D eigenvalue weighted by Gasteiger charge is -2.35. The molecule has 2 N–H and O–H groups in total. The fraction of sp³-hybridized carbons (Fsp3) is 0.375. The minimum absolute atomic E-state index is 0.00442. The van der Waals surface area contributed by atoms with E-state index in [4.69, 9.17) is 17.3 Å². The second kappa shape index (κ2) is 7.66. The summed E-state index contributed by atoms with van der Waals surface area (Å²) in [5, 5.41) is 3.47. The van der Waals surface area contributed by atoms with E-state index >= 15 is 0 Å². The number of carbonyl (C=O) groups is 1. The topological polar surface area (TPSA) is 59.2 Å². The highest BCUT2D eigenvalue weighted by atomic mass is 35.5. The number of thioether (sulfide) groups is 1. The molecule has 7 heteroatoms. The second-order valence-electron chi connectivity index (χ2n) is 5.31. The molecule has 1 atom stereocenters. The molecule has 0 radical (unpaired) electrons. The normalized spacial score (nSPS) is 18.2. The van der Waals surface area contributed by atoms with Crippen molar-refractivity contribution in [1.29, 1.82) is 0 Å². The van der Waals surface area contributed by atoms with E-state index in [2.05, 4.69) is 4.98 Å². The zero-order valence-corrected chi connectivity index (χ0v) is 15.0. The van der Waals surface area contributed by atoms with E-state index in [9.17, 15) is 4.79 Å². The highest BCUT2D eigenvalue weighted by Crippen LogP contribution is 2.31. The number of halogens is 1. The van der Waals surface area contributed by atoms with E-state index in [0.717, 1.165) is 28.6 Å². The standard InChI is InChI=1S/C16H18ClN3OS2/c17-12-3-1-11(2-4-12)14-10-22-8-7-20(14)16(21)13-9-23-15(19-13)5-6-18/h1-4,9,14H,5-8,10,18H2. The number of nitrogens with two attached hydrogens (primary N) is 1. The Balaban J connectivity index is 1.82. The molecule has 23 heavy (non-hydrogen) atoms. The van der Waals surface area contributed by atoms with Crippen LogP contribution in [0.2, 0.25) is 5.02 Å². The van der Waals surface area contributed by atoms with Crippen LogP contribution in [0.15, 0.2) is 29.6 Å². The van der Waals surface area contributed by atoms with E-state index < -0.39 is 0 Å². The number of nitrogens with zero attached hydrogens (tertiary/aromatic N) is 2. The monoisotopic (exact) mass is 367 g/mol. The van der Waals surface area contributed by atoms with Gasteiger partial charge in [0.15, 0.2) is 0 Å². The van der Waals surface area contributed by atoms with Gasteiger partial charge < -0.3 is 10.6 Å². The first-order chi connectivity index (χ1) is 11.2. The van der Waals surface area contributed by atoms with Gasteiger partial charge in [-0.3, -0.25) is 4.79 Å². The van der Waals surface area contributed by atoms with Crippen molar-refractivity contribution >= 4 is 40.6 Å². The van der Waals surface area contributed by atoms with Gasteiger partial charge in [-0.25, -0.2) is 4.98 Å². The van der Waals surface area contributed by atoms with Crippen LogP contribution in [0.5, 0.6) is 0 Å². The predicted molar refractivity (Wildman–Crippen MR) is 97.4 cm³/mol. The third-order valence-electron chi connectivity index (χ3n) is 3.77. The molecule has 1 fully saturated rings. The summed E-state index contributed by atoms with van der Waals surface area (Å²) in [5.41, 5.74) is 7.21. The van der Waals surface area contributed by atoms with Crippen LogP contribution in [0.1, 0.15) is 27.1 Å². The van der Waals surface area contributed by atoms with Gasteiger partial charge in [0, 0.05) is 34.9 Å². The Morgan fingerprint density at radius 1 is 1.39 bits per heavy atom. The molecular weight excluding hydrogens is 350 g/mol. The van der Waals surface area contributed by atoms with Gasteiger partial charge in [-0.15, -0.1) is 11.3 Å². The fourth-order valence-corrected chi connectivity index (χ4v) is 4.60. The summed E-state index contributed by atoms with van der Waals surface area (Å²) in [5.74, 6) is 1.85. The van der Waals surface area contributed by atoms with Crippen molar-refractivity contribution in [2.45, 2.75) is 12.5 Å². The van der Waals surface area contributed by atoms with Gasteiger partial charge in [-0.2, -0.15) is 11.8 Å². The van der Waals surface area contributed by atoms with Gasteiger partial charge in [0.05, 0.1) is 11.0 Å². The van der Waals surface area contributed by atoms with Crippen molar-refractivity contribution in [1.82, 2.24) is 9.88 Å². The summed E-state index contributed by atoms with van der Waals surface area (Å²) in [6.45, 7) is 1.29. The largest absolute Gasteiger partial charge is 0.330 e. The Morgan fingerprint density at radius 3 is 2.91 bits per heavy atom. The fourth-order valence-electron chi connectivity index (χ4n) is 2.60. The highest BCUT2D eigenvalue weighted by molar-refractivity contribution is 7.99. The summed E-state index contributed by atoms with van der Waals surface area (Å²) in [7, 11) is 0. The number of rotatable bonds is 4. The minimum atomic E-state index is 0.00442. The molecule has 2 aromatic rings. The Morgan fingerprint density at radius 2 is 2.17 bits per heavy atom. The van der Waals surface area contributed by atoms with Crippen molar-refractivity contribution < 1.29 is 4.79 Å². The molecule has 0 aliphatic carbocycles. The molecule has 1 unspecified atom stereocenters. The van der Waals surface area contributed by atoms with Crippen molar-refractivity contribution in [3.63, 3.8) is 0 Å². The molecule has 2 heterocycles. The smallest absolute Gasteiger partial charge is 0.273 e. The molecule has 1 aromatic heterocycles. The van der Waals surface area contributed by atoms with Crippen LogP contribution >= 0.6 is 34.7 Å². The molecule has 122 valence electrons. The van der Waals surface area contributed by atoms with Crippen LogP contribution < -0.4 is 5.73 Å². The Kier molecular flexibility index (Phi) is 5.58. The molecular formula is C16H18ClN3OS2. The Hall–Kier alpha value is -1.08. The average molecular weight is 368 g/mol. The van der Waals surface area contributed by atoms with Crippen LogP contribution in [-0.2, 0) is 6.42 Å². The highest BCUT2D eigenvalue weighted by Gasteiger charge is 2.30. The summed E-state index contributed by atoms with van der Waals surface area (Å²) in [6, 6.07) is 7.82. The number of hydrogen-bond acceptors (Lipinski definition) is 5. The maximum atomic E-state index is 12.9. The van der Waals surface area contributed by atoms with Gasteiger partial charge in [0.1, 0.15) is 5.69 Å². The average Bonchev–Trinajstić information content (AvgIpc) is 3.04.